The molecule has 1 saturated heterocycles. The normalized spacial score (nSPS) is 16.2. The van der Waals surface area contributed by atoms with Crippen LogP contribution in [0.3, 0.4) is 0 Å². The summed E-state index contributed by atoms with van der Waals surface area (Å²) in [4.78, 5) is 15.9. The van der Waals surface area contributed by atoms with E-state index in [1.165, 1.54) is 6.07 Å². The maximum atomic E-state index is 13.0. The molecular weight excluding hydrogens is 266 g/mol. The number of carbonyl (C=O) groups is 1. The average molecular weight is 284 g/mol. The van der Waals surface area contributed by atoms with E-state index in [-0.39, 0.29) is 18.3 Å². The van der Waals surface area contributed by atoms with Gasteiger partial charge in [0.15, 0.2) is 18.2 Å². The molecule has 0 radical (unpaired) electrons. The summed E-state index contributed by atoms with van der Waals surface area (Å²) in [5.41, 5.74) is 0. The Hall–Kier alpha value is -1.69. The number of ether oxygens (including phenoxy) is 1. The first-order chi connectivity index (χ1) is 9.60. The molecule has 0 aliphatic carbocycles. The van der Waals surface area contributed by atoms with E-state index in [0.717, 1.165) is 31.8 Å². The van der Waals surface area contributed by atoms with Gasteiger partial charge in [-0.2, -0.15) is 0 Å². The quantitative estimate of drug-likeness (QED) is 0.840. The lowest BCUT2D eigenvalue weighted by atomic mass is 10.3. The molecule has 0 unspecified atom stereocenters. The molecule has 6 heteroatoms. The van der Waals surface area contributed by atoms with Crippen molar-refractivity contribution in [3.05, 3.63) is 29.8 Å². The molecule has 1 aromatic carbocycles. The Labute approximate surface area is 116 Å². The van der Waals surface area contributed by atoms with Crippen LogP contribution in [0.15, 0.2) is 18.2 Å². The third-order valence-electron chi connectivity index (χ3n) is 3.43. The van der Waals surface area contributed by atoms with E-state index in [1.807, 2.05) is 0 Å². The standard InChI is InChI=1S/C14H18F2N2O2/c1-2-17-5-7-18(8-6-17)14(19)10-20-11-3-4-12(15)13(16)9-11/h3-4,9H,2,5-8,10H2,1H3. The number of halogens is 2. The summed E-state index contributed by atoms with van der Waals surface area (Å²) in [7, 11) is 0. The second-order valence-electron chi connectivity index (χ2n) is 4.68. The maximum Gasteiger partial charge on any atom is 0.260 e. The minimum Gasteiger partial charge on any atom is -0.484 e. The topological polar surface area (TPSA) is 32.8 Å². The monoisotopic (exact) mass is 284 g/mol. The van der Waals surface area contributed by atoms with Gasteiger partial charge in [-0.1, -0.05) is 6.92 Å². The summed E-state index contributed by atoms with van der Waals surface area (Å²) in [6.45, 7) is 5.97. The zero-order valence-corrected chi connectivity index (χ0v) is 11.4. The van der Waals surface area contributed by atoms with E-state index in [1.54, 1.807) is 4.90 Å². The summed E-state index contributed by atoms with van der Waals surface area (Å²) in [6.07, 6.45) is 0. The highest BCUT2D eigenvalue weighted by Crippen LogP contribution is 2.15. The molecule has 0 spiro atoms. The third-order valence-corrected chi connectivity index (χ3v) is 3.43. The number of piperazine rings is 1. The Balaban J connectivity index is 1.81. The molecule has 20 heavy (non-hydrogen) atoms. The Morgan fingerprint density at radius 3 is 2.50 bits per heavy atom. The van der Waals surface area contributed by atoms with E-state index < -0.39 is 11.6 Å². The van der Waals surface area contributed by atoms with Crippen LogP contribution in [-0.2, 0) is 4.79 Å². The number of amides is 1. The van der Waals surface area contributed by atoms with Crippen molar-refractivity contribution < 1.29 is 18.3 Å². The maximum absolute atomic E-state index is 13.0. The number of benzene rings is 1. The fraction of sp³-hybridized carbons (Fsp3) is 0.500. The fourth-order valence-electron chi connectivity index (χ4n) is 2.12. The van der Waals surface area contributed by atoms with Crippen molar-refractivity contribution in [1.29, 1.82) is 0 Å². The molecule has 110 valence electrons. The Morgan fingerprint density at radius 1 is 1.20 bits per heavy atom. The molecule has 1 aliphatic heterocycles. The van der Waals surface area contributed by atoms with Gasteiger partial charge < -0.3 is 14.5 Å². The molecule has 0 bridgehead atoms. The van der Waals surface area contributed by atoms with Crippen molar-refractivity contribution in [3.63, 3.8) is 0 Å². The Bertz CT molecular complexity index is 474. The molecule has 0 atom stereocenters. The smallest absolute Gasteiger partial charge is 0.260 e. The van der Waals surface area contributed by atoms with Crippen LogP contribution in [0.5, 0.6) is 5.75 Å². The summed E-state index contributed by atoms with van der Waals surface area (Å²) >= 11 is 0. The Morgan fingerprint density at radius 2 is 1.90 bits per heavy atom. The van der Waals surface area contributed by atoms with Crippen molar-refractivity contribution in [1.82, 2.24) is 9.80 Å². The van der Waals surface area contributed by atoms with Crippen molar-refractivity contribution >= 4 is 5.91 Å². The first-order valence-electron chi connectivity index (χ1n) is 6.68. The van der Waals surface area contributed by atoms with Crippen LogP contribution in [-0.4, -0.2) is 55.0 Å². The van der Waals surface area contributed by atoms with Crippen LogP contribution in [0.1, 0.15) is 6.92 Å². The summed E-state index contributed by atoms with van der Waals surface area (Å²) in [5, 5.41) is 0. The molecule has 4 nitrogen and oxygen atoms in total. The molecule has 1 fully saturated rings. The molecule has 1 amide bonds. The van der Waals surface area contributed by atoms with Crippen LogP contribution in [0.25, 0.3) is 0 Å². The van der Waals surface area contributed by atoms with Gasteiger partial charge in [0.1, 0.15) is 5.75 Å². The summed E-state index contributed by atoms with van der Waals surface area (Å²) < 4.78 is 30.9. The van der Waals surface area contributed by atoms with E-state index >= 15 is 0 Å². The van der Waals surface area contributed by atoms with Crippen molar-refractivity contribution in [2.24, 2.45) is 0 Å². The van der Waals surface area contributed by atoms with Gasteiger partial charge in [0.2, 0.25) is 0 Å². The van der Waals surface area contributed by atoms with Gasteiger partial charge in [0.05, 0.1) is 0 Å². The zero-order chi connectivity index (χ0) is 14.5. The summed E-state index contributed by atoms with van der Waals surface area (Å²) in [6, 6.07) is 3.23. The van der Waals surface area contributed by atoms with Crippen LogP contribution >= 0.6 is 0 Å². The average Bonchev–Trinajstić information content (AvgIpc) is 2.48. The molecule has 1 aromatic rings. The van der Waals surface area contributed by atoms with Crippen LogP contribution in [0.4, 0.5) is 8.78 Å². The molecule has 1 heterocycles. The molecule has 0 N–H and O–H groups in total. The van der Waals surface area contributed by atoms with Crippen molar-refractivity contribution in [2.75, 3.05) is 39.3 Å². The van der Waals surface area contributed by atoms with E-state index in [4.69, 9.17) is 4.74 Å². The van der Waals surface area contributed by atoms with Gasteiger partial charge >= 0.3 is 0 Å². The van der Waals surface area contributed by atoms with Gasteiger partial charge in [0.25, 0.3) is 5.91 Å². The lowest BCUT2D eigenvalue weighted by molar-refractivity contribution is -0.135. The highest BCUT2D eigenvalue weighted by atomic mass is 19.2. The van der Waals surface area contributed by atoms with Gasteiger partial charge in [-0.15, -0.1) is 0 Å². The molecule has 1 aliphatic rings. The molecule has 0 aromatic heterocycles. The first-order valence-corrected chi connectivity index (χ1v) is 6.68. The molecule has 2 rings (SSSR count). The minimum absolute atomic E-state index is 0.134. The van der Waals surface area contributed by atoms with Crippen LogP contribution < -0.4 is 4.74 Å². The Kier molecular flexibility index (Phi) is 4.89. The predicted octanol–water partition coefficient (Wildman–Crippen LogP) is 1.51. The number of hydrogen-bond acceptors (Lipinski definition) is 3. The van der Waals surface area contributed by atoms with E-state index in [2.05, 4.69) is 11.8 Å². The molecular formula is C14H18F2N2O2. The summed E-state index contributed by atoms with van der Waals surface area (Å²) in [5.74, 6) is -1.89. The highest BCUT2D eigenvalue weighted by molar-refractivity contribution is 5.77. The fourth-order valence-corrected chi connectivity index (χ4v) is 2.12. The number of nitrogens with zero attached hydrogens (tertiary/aromatic N) is 2. The minimum atomic E-state index is -0.980. The van der Waals surface area contributed by atoms with Crippen molar-refractivity contribution in [2.45, 2.75) is 6.92 Å². The number of hydrogen-bond donors (Lipinski definition) is 0. The predicted molar refractivity (Wildman–Crippen MR) is 70.5 cm³/mol. The van der Waals surface area contributed by atoms with Gasteiger partial charge in [-0.3, -0.25) is 4.79 Å². The van der Waals surface area contributed by atoms with Gasteiger partial charge in [-0.05, 0) is 18.7 Å². The second kappa shape index (κ2) is 6.65. The molecule has 0 saturated carbocycles. The number of rotatable bonds is 4. The van der Waals surface area contributed by atoms with Crippen LogP contribution in [0.2, 0.25) is 0 Å². The third kappa shape index (κ3) is 3.66. The number of carbonyl (C=O) groups excluding carboxylic acids is 1. The van der Waals surface area contributed by atoms with Crippen molar-refractivity contribution in [3.8, 4) is 5.75 Å². The van der Waals surface area contributed by atoms with Gasteiger partial charge in [0, 0.05) is 32.2 Å². The highest BCUT2D eigenvalue weighted by Gasteiger charge is 2.20. The second-order valence-corrected chi connectivity index (χ2v) is 4.68. The lowest BCUT2D eigenvalue weighted by Crippen LogP contribution is -2.49. The zero-order valence-electron chi connectivity index (χ0n) is 11.4. The number of likely N-dealkylation sites (N-methyl/N-ethyl adjacent to an activating group) is 1. The van der Waals surface area contributed by atoms with E-state index in [9.17, 15) is 13.6 Å². The van der Waals surface area contributed by atoms with E-state index in [0.29, 0.717) is 13.1 Å². The lowest BCUT2D eigenvalue weighted by Gasteiger charge is -2.33. The SMILES string of the molecule is CCN1CCN(C(=O)COc2ccc(F)c(F)c2)CC1. The first kappa shape index (κ1) is 14.7. The van der Waals surface area contributed by atoms with Crippen LogP contribution in [0, 0.1) is 11.6 Å². The largest absolute Gasteiger partial charge is 0.484 e. The van der Waals surface area contributed by atoms with Gasteiger partial charge in [-0.25, -0.2) is 8.78 Å².